The van der Waals surface area contributed by atoms with Gasteiger partial charge in [-0.2, -0.15) is 0 Å². The smallest absolute Gasteiger partial charge is 0.240 e. The third-order valence-corrected chi connectivity index (χ3v) is 7.59. The molecule has 0 fully saturated rings. The lowest BCUT2D eigenvalue weighted by atomic mass is 9.97. The highest BCUT2D eigenvalue weighted by Gasteiger charge is 2.29. The molecule has 0 saturated heterocycles. The van der Waals surface area contributed by atoms with E-state index in [2.05, 4.69) is 10.1 Å². The number of hydrazone groups is 1. The molecule has 15 heteroatoms. The van der Waals surface area contributed by atoms with Gasteiger partial charge in [0, 0.05) is 24.7 Å². The summed E-state index contributed by atoms with van der Waals surface area (Å²) in [6.07, 6.45) is -1.12. The minimum Gasteiger partial charge on any atom is -0.391 e. The van der Waals surface area contributed by atoms with Gasteiger partial charge in [-0.05, 0) is 17.7 Å². The number of hydrogen-bond donors (Lipinski definition) is 7. The van der Waals surface area contributed by atoms with Crippen LogP contribution < -0.4 is 33.7 Å². The van der Waals surface area contributed by atoms with Gasteiger partial charge >= 0.3 is 0 Å². The van der Waals surface area contributed by atoms with E-state index >= 15 is 0 Å². The maximum atomic E-state index is 12.9. The summed E-state index contributed by atoms with van der Waals surface area (Å²) >= 11 is 0. The number of aliphatic hydroxyl groups excluding tert-OH is 1. The fourth-order valence-corrected chi connectivity index (χ4v) is 6.08. The first-order chi connectivity index (χ1) is 15.5. The lowest BCUT2D eigenvalue weighted by Gasteiger charge is -2.18. The quantitative estimate of drug-likeness (QED) is 0.0782. The zero-order valence-electron chi connectivity index (χ0n) is 17.6. The van der Waals surface area contributed by atoms with E-state index in [0.29, 0.717) is 22.2 Å². The Labute approximate surface area is 192 Å². The molecule has 0 aliphatic heterocycles. The lowest BCUT2D eigenvalue weighted by Crippen LogP contribution is -2.29. The van der Waals surface area contributed by atoms with E-state index in [1.807, 2.05) is 5.53 Å². The maximum Gasteiger partial charge on any atom is 0.240 e. The number of aryl methyl sites for hydroxylation is 1. The molecule has 0 aliphatic carbocycles. The summed E-state index contributed by atoms with van der Waals surface area (Å²) in [5.41, 5.74) is 21.3. The Morgan fingerprint density at radius 1 is 1.30 bits per heavy atom. The highest BCUT2D eigenvalue weighted by Crippen LogP contribution is 2.36. The monoisotopic (exact) mass is 495 g/mol. The number of nitrogens with one attached hydrogen (secondary N) is 1. The summed E-state index contributed by atoms with van der Waals surface area (Å²) in [5, 5.41) is 19.1. The van der Waals surface area contributed by atoms with E-state index in [1.165, 1.54) is 12.1 Å². The average molecular weight is 496 g/mol. The number of hydrazine groups is 1. The van der Waals surface area contributed by atoms with Crippen LogP contribution in [0.15, 0.2) is 45.2 Å². The molecule has 1 heterocycles. The third-order valence-electron chi connectivity index (χ3n) is 4.94. The van der Waals surface area contributed by atoms with Gasteiger partial charge in [0.1, 0.15) is 4.90 Å². The fourth-order valence-electron chi connectivity index (χ4n) is 3.41. The fraction of sp³-hybridized carbons (Fsp3) is 0.222. The summed E-state index contributed by atoms with van der Waals surface area (Å²) in [5.74, 6) is 4.88. The molecule has 3 rings (SSSR count). The van der Waals surface area contributed by atoms with E-state index < -0.39 is 31.8 Å². The van der Waals surface area contributed by atoms with Crippen LogP contribution in [0.4, 0.5) is 5.95 Å². The van der Waals surface area contributed by atoms with E-state index in [4.69, 9.17) is 28.2 Å². The molecule has 0 radical (unpaired) electrons. The number of anilines is 1. The minimum atomic E-state index is -4.49. The molecule has 0 spiro atoms. The predicted molar refractivity (Wildman–Crippen MR) is 126 cm³/mol. The zero-order chi connectivity index (χ0) is 24.5. The highest BCUT2D eigenvalue weighted by atomic mass is 32.2. The summed E-state index contributed by atoms with van der Waals surface area (Å²) in [7, 11) is -4.74. The van der Waals surface area contributed by atoms with Gasteiger partial charge in [0.15, 0.2) is 5.84 Å². The number of sulfonamides is 1. The Balaban J connectivity index is 2.44. The Bertz CT molecular complexity index is 1370. The molecule has 0 saturated carbocycles. The zero-order valence-corrected chi connectivity index (χ0v) is 19.2. The predicted octanol–water partition coefficient (Wildman–Crippen LogP) is -2.02. The molecular formula is C18H25N9O4S2. The van der Waals surface area contributed by atoms with Crippen LogP contribution in [0.3, 0.4) is 0 Å². The van der Waals surface area contributed by atoms with Crippen molar-refractivity contribution >= 4 is 43.6 Å². The molecule has 3 aromatic rings. The van der Waals surface area contributed by atoms with Crippen LogP contribution >= 0.6 is 0 Å². The van der Waals surface area contributed by atoms with E-state index in [-0.39, 0.29) is 34.5 Å². The summed E-state index contributed by atoms with van der Waals surface area (Å²) in [6.45, 7) is -0.162. The Kier molecular flexibility index (Phi) is 7.01. The van der Waals surface area contributed by atoms with Gasteiger partial charge in [0.2, 0.25) is 16.0 Å². The van der Waals surface area contributed by atoms with Crippen LogP contribution in [0.5, 0.6) is 0 Å². The lowest BCUT2D eigenvalue weighted by molar-refractivity contribution is 0.207. The molecule has 2 unspecified atom stereocenters. The number of imidazole rings is 1. The molecule has 0 aliphatic rings. The van der Waals surface area contributed by atoms with Gasteiger partial charge in [0.05, 0.1) is 38.6 Å². The number of aromatic nitrogens is 2. The molecule has 13 nitrogen and oxygen atoms in total. The standard InChI is InChI=1S/C18H25N9O4S2/c1-27-12-4-2-3-11(15(12)24-18(27)21)10-5-6-13(32(29)8-9(28)7-19)16(33(23,30)31)14(10)17(20)25-26-22/h2-6,9,26,28H,7-8,19,22H2,1H3,(H2,20,25)(H2,21,24)(H2,23,30,31). The van der Waals surface area contributed by atoms with Crippen molar-refractivity contribution in [1.29, 1.82) is 0 Å². The highest BCUT2D eigenvalue weighted by molar-refractivity contribution is 7.91. The molecule has 0 bridgehead atoms. The second-order valence-corrected chi connectivity index (χ2v) is 10.1. The number of amidine groups is 1. The van der Waals surface area contributed by atoms with Crippen LogP contribution in [0, 0.1) is 0 Å². The number of aliphatic hydroxyl groups is 1. The van der Waals surface area contributed by atoms with E-state index in [0.717, 1.165) is 0 Å². The SMILES string of the molecule is Cn1c(N)nc2c(-c3ccc(S(=O)CC(O)CN)c(S(N)(=O)=O)c3/C(N)=N/NN)cccc21. The normalized spacial score (nSPS) is 14.4. The number of nitrogens with zero attached hydrogens (tertiary/aromatic N) is 3. The van der Waals surface area contributed by atoms with Gasteiger partial charge in [-0.1, -0.05) is 18.2 Å². The number of rotatable bonds is 8. The molecule has 2 aromatic carbocycles. The van der Waals surface area contributed by atoms with Crippen molar-refractivity contribution in [3.8, 4) is 11.1 Å². The summed E-state index contributed by atoms with van der Waals surface area (Å²) < 4.78 is 40.0. The van der Waals surface area contributed by atoms with Crippen molar-refractivity contribution in [3.63, 3.8) is 0 Å². The molecule has 178 valence electrons. The number of fused-ring (bicyclic) bond motifs is 1. The largest absolute Gasteiger partial charge is 0.391 e. The molecular weight excluding hydrogens is 470 g/mol. The van der Waals surface area contributed by atoms with Gasteiger partial charge in [0.25, 0.3) is 0 Å². The van der Waals surface area contributed by atoms with Crippen LogP contribution in [0.25, 0.3) is 22.2 Å². The van der Waals surface area contributed by atoms with Crippen LogP contribution in [-0.4, -0.2) is 51.5 Å². The number of para-hydroxylation sites is 1. The van der Waals surface area contributed by atoms with Crippen molar-refractivity contribution in [3.05, 3.63) is 35.9 Å². The number of nitrogen functional groups attached to an aromatic ring is 1. The van der Waals surface area contributed by atoms with E-state index in [9.17, 15) is 17.7 Å². The Hall–Kier alpha value is -3.08. The summed E-state index contributed by atoms with van der Waals surface area (Å²) in [6, 6.07) is 8.08. The van der Waals surface area contributed by atoms with Crippen LogP contribution in [-0.2, 0) is 27.9 Å². The van der Waals surface area contributed by atoms with Crippen molar-refractivity contribution in [2.45, 2.75) is 15.9 Å². The van der Waals surface area contributed by atoms with Crippen LogP contribution in [0.1, 0.15) is 5.56 Å². The van der Waals surface area contributed by atoms with Gasteiger partial charge in [-0.3, -0.25) is 4.21 Å². The summed E-state index contributed by atoms with van der Waals surface area (Å²) in [4.78, 5) is 3.69. The Morgan fingerprint density at radius 3 is 2.61 bits per heavy atom. The van der Waals surface area contributed by atoms with E-state index in [1.54, 1.807) is 29.8 Å². The second kappa shape index (κ2) is 9.42. The first-order valence-electron chi connectivity index (χ1n) is 9.48. The van der Waals surface area contributed by atoms with Crippen molar-refractivity contribution in [2.24, 2.45) is 34.6 Å². The number of benzene rings is 2. The molecule has 0 amide bonds. The average Bonchev–Trinajstić information content (AvgIpc) is 3.05. The molecule has 33 heavy (non-hydrogen) atoms. The van der Waals surface area contributed by atoms with Gasteiger partial charge in [-0.25, -0.2) is 29.9 Å². The van der Waals surface area contributed by atoms with Gasteiger partial charge in [-0.15, -0.1) is 5.10 Å². The minimum absolute atomic E-state index is 0.125. The molecule has 12 N–H and O–H groups in total. The molecule has 2 atom stereocenters. The third kappa shape index (κ3) is 4.68. The number of hydrogen-bond acceptors (Lipinski definition) is 10. The van der Waals surface area contributed by atoms with Crippen molar-refractivity contribution in [1.82, 2.24) is 15.1 Å². The number of primary sulfonamides is 1. The topological polar surface area (TPSA) is 244 Å². The first kappa shape index (κ1) is 24.6. The molecule has 1 aromatic heterocycles. The second-order valence-electron chi connectivity index (χ2n) is 7.09. The number of nitrogens with two attached hydrogens (primary N) is 5. The maximum absolute atomic E-state index is 12.9. The van der Waals surface area contributed by atoms with Crippen molar-refractivity contribution in [2.75, 3.05) is 18.0 Å². The first-order valence-corrected chi connectivity index (χ1v) is 12.3. The van der Waals surface area contributed by atoms with Crippen molar-refractivity contribution < 1.29 is 17.7 Å². The van der Waals surface area contributed by atoms with Gasteiger partial charge < -0.3 is 26.9 Å². The Morgan fingerprint density at radius 2 is 2.00 bits per heavy atom. The van der Waals surface area contributed by atoms with Crippen LogP contribution in [0.2, 0.25) is 0 Å².